The van der Waals surface area contributed by atoms with Crippen LogP contribution in [0.2, 0.25) is 0 Å². The van der Waals surface area contributed by atoms with Crippen molar-refractivity contribution >= 4 is 0 Å². The van der Waals surface area contributed by atoms with Crippen LogP contribution in [0.5, 0.6) is 0 Å². The monoisotopic (exact) mass is 96.0 g/mol. The van der Waals surface area contributed by atoms with Crippen LogP contribution >= 0.6 is 0 Å². The van der Waals surface area contributed by atoms with Crippen LogP contribution in [0.4, 0.5) is 0 Å². The van der Waals surface area contributed by atoms with Gasteiger partial charge in [0.2, 0.25) is 0 Å². The first-order valence-electron chi connectivity index (χ1n) is 0.823. The van der Waals surface area contributed by atoms with E-state index in [0.717, 1.165) is 0 Å². The molecule has 0 bridgehead atoms. The Balaban J connectivity index is 0. The van der Waals surface area contributed by atoms with Gasteiger partial charge in [-0.1, -0.05) is 0 Å². The van der Waals surface area contributed by atoms with Gasteiger partial charge >= 0.3 is 0 Å². The second-order valence-electron chi connectivity index (χ2n) is 0.238. The van der Waals surface area contributed by atoms with Crippen molar-refractivity contribution in [1.29, 1.82) is 0 Å². The summed E-state index contributed by atoms with van der Waals surface area (Å²) in [5.41, 5.74) is 0. The zero-order valence-electron chi connectivity index (χ0n) is 2.74. The van der Waals surface area contributed by atoms with Crippen LogP contribution in [0.15, 0.2) is 0 Å². The molecular formula is H4N2O4. The molecule has 0 atom stereocenters. The summed E-state index contributed by atoms with van der Waals surface area (Å²) in [6, 6.07) is 0. The maximum Gasteiger partial charge on any atom is 0.291 e. The van der Waals surface area contributed by atoms with Crippen LogP contribution in [0.25, 0.3) is 0 Å². The highest BCUT2D eigenvalue weighted by Gasteiger charge is 1.65. The third kappa shape index (κ3) is 18.1. The van der Waals surface area contributed by atoms with Crippen LogP contribution in [-0.4, -0.2) is 15.5 Å². The Labute approximate surface area is 32.9 Å². The fraction of sp³-hybridized carbons (Fsp3) is 0. The molecule has 4 N–H and O–H groups in total. The molecule has 0 rings (SSSR count). The SMILES string of the molecule is NO.O=[N+]([O-])O. The van der Waals surface area contributed by atoms with Crippen LogP contribution in [0.1, 0.15) is 0 Å². The summed E-state index contributed by atoms with van der Waals surface area (Å²) in [6.07, 6.45) is 0. The van der Waals surface area contributed by atoms with Crippen LogP contribution in [-0.2, 0) is 0 Å². The van der Waals surface area contributed by atoms with Crippen molar-refractivity contribution in [3.05, 3.63) is 10.1 Å². The minimum Gasteiger partial charge on any atom is -0.328 e. The minimum absolute atomic E-state index is 1.50. The molecule has 0 heterocycles. The van der Waals surface area contributed by atoms with E-state index < -0.39 is 5.09 Å². The van der Waals surface area contributed by atoms with Crippen molar-refractivity contribution in [1.82, 2.24) is 0 Å². The quantitative estimate of drug-likeness (QED) is 0.264. The van der Waals surface area contributed by atoms with Gasteiger partial charge in [-0.25, -0.2) is 5.90 Å². The Morgan fingerprint density at radius 2 is 1.67 bits per heavy atom. The van der Waals surface area contributed by atoms with E-state index in [-0.39, 0.29) is 0 Å². The lowest BCUT2D eigenvalue weighted by Gasteiger charge is -1.56. The molecule has 6 heteroatoms. The molecule has 0 amide bonds. The molecule has 0 aromatic rings. The van der Waals surface area contributed by atoms with E-state index in [1.165, 1.54) is 0 Å². The Morgan fingerprint density at radius 1 is 1.67 bits per heavy atom. The van der Waals surface area contributed by atoms with Gasteiger partial charge in [0.05, 0.1) is 0 Å². The van der Waals surface area contributed by atoms with Gasteiger partial charge in [-0.2, -0.15) is 0 Å². The second kappa shape index (κ2) is 8.92. The minimum atomic E-state index is -1.50. The highest BCUT2D eigenvalue weighted by Crippen LogP contribution is 1.38. The summed E-state index contributed by atoms with van der Waals surface area (Å²) in [5.74, 6) is 3.50. The van der Waals surface area contributed by atoms with Gasteiger partial charge in [0.1, 0.15) is 0 Å². The summed E-state index contributed by atoms with van der Waals surface area (Å²) in [7, 11) is 0. The maximum atomic E-state index is 8.36. The molecular weight excluding hydrogens is 92.0 g/mol. The highest BCUT2D eigenvalue weighted by atomic mass is 16.9. The van der Waals surface area contributed by atoms with E-state index in [1.54, 1.807) is 0 Å². The molecule has 0 aromatic carbocycles. The van der Waals surface area contributed by atoms with Gasteiger partial charge in [0.15, 0.2) is 0 Å². The van der Waals surface area contributed by atoms with E-state index in [4.69, 9.17) is 20.5 Å². The first kappa shape index (κ1) is 8.93. The van der Waals surface area contributed by atoms with Crippen molar-refractivity contribution in [2.75, 3.05) is 0 Å². The highest BCUT2D eigenvalue weighted by molar-refractivity contribution is 3.83. The third-order valence-electron chi connectivity index (χ3n) is 0. The van der Waals surface area contributed by atoms with Gasteiger partial charge in [-0.15, -0.1) is 10.1 Å². The average molecular weight is 96.0 g/mol. The molecule has 6 heavy (non-hydrogen) atoms. The smallest absolute Gasteiger partial charge is 0.291 e. The second-order valence-corrected chi connectivity index (χ2v) is 0.238. The molecule has 0 saturated heterocycles. The average Bonchev–Trinajstić information content (AvgIpc) is 1.41. The topological polar surface area (TPSA) is 110 Å². The zero-order chi connectivity index (χ0) is 5.58. The summed E-state index contributed by atoms with van der Waals surface area (Å²) >= 11 is 0. The number of nitrogens with two attached hydrogens (primary N) is 1. The largest absolute Gasteiger partial charge is 0.328 e. The van der Waals surface area contributed by atoms with E-state index in [9.17, 15) is 0 Å². The maximum absolute atomic E-state index is 8.36. The van der Waals surface area contributed by atoms with Crippen LogP contribution < -0.4 is 5.90 Å². The first-order valence-corrected chi connectivity index (χ1v) is 0.823. The molecule has 0 aliphatic rings. The number of nitrogens with zero attached hydrogens (tertiary/aromatic N) is 1. The number of hydrogen-bond donors (Lipinski definition) is 3. The van der Waals surface area contributed by atoms with Gasteiger partial charge in [-0.3, -0.25) is 0 Å². The van der Waals surface area contributed by atoms with Gasteiger partial charge < -0.3 is 10.4 Å². The van der Waals surface area contributed by atoms with Crippen molar-refractivity contribution in [2.24, 2.45) is 5.90 Å². The molecule has 0 unspecified atom stereocenters. The van der Waals surface area contributed by atoms with Gasteiger partial charge in [0.25, 0.3) is 5.09 Å². The Bertz CT molecular complexity index is 28.5. The van der Waals surface area contributed by atoms with Crippen LogP contribution in [0, 0.1) is 10.1 Å². The molecule has 0 aliphatic heterocycles. The van der Waals surface area contributed by atoms with E-state index >= 15 is 0 Å². The summed E-state index contributed by atoms with van der Waals surface area (Å²) in [6.45, 7) is 0. The Morgan fingerprint density at radius 3 is 1.67 bits per heavy atom. The fourth-order valence-electron chi connectivity index (χ4n) is 0. The molecule has 6 nitrogen and oxygen atoms in total. The Hall–Kier alpha value is -0.880. The number of rotatable bonds is 0. The van der Waals surface area contributed by atoms with Crippen molar-refractivity contribution < 1.29 is 15.5 Å². The third-order valence-corrected chi connectivity index (χ3v) is 0. The summed E-state index contributed by atoms with van der Waals surface area (Å²) in [5, 5.41) is 20.1. The normalized spacial score (nSPS) is 5.00. The lowest BCUT2D eigenvalue weighted by molar-refractivity contribution is -0.742. The lowest BCUT2D eigenvalue weighted by atomic mass is 13.1. The van der Waals surface area contributed by atoms with Crippen molar-refractivity contribution in [3.8, 4) is 0 Å². The van der Waals surface area contributed by atoms with Crippen molar-refractivity contribution in [2.45, 2.75) is 0 Å². The molecule has 0 spiro atoms. The van der Waals surface area contributed by atoms with Crippen LogP contribution in [0.3, 0.4) is 0 Å². The molecule has 0 radical (unpaired) electrons. The molecule has 0 aliphatic carbocycles. The fourth-order valence-corrected chi connectivity index (χ4v) is 0. The first-order chi connectivity index (χ1) is 2.73. The van der Waals surface area contributed by atoms with Gasteiger partial charge in [0, 0.05) is 0 Å². The lowest BCUT2D eigenvalue weighted by Crippen LogP contribution is -1.81. The Kier molecular flexibility index (Phi) is 13.3. The predicted molar refractivity (Wildman–Crippen MR) is 14.8 cm³/mol. The van der Waals surface area contributed by atoms with E-state index in [0.29, 0.717) is 0 Å². The number of hydrogen-bond acceptors (Lipinski definition) is 4. The molecule has 0 saturated carbocycles. The van der Waals surface area contributed by atoms with E-state index in [1.807, 2.05) is 0 Å². The summed E-state index contributed by atoms with van der Waals surface area (Å²) < 4.78 is 0. The zero-order valence-corrected chi connectivity index (χ0v) is 2.74. The van der Waals surface area contributed by atoms with E-state index in [2.05, 4.69) is 5.90 Å². The standard InChI is InChI=1S/HNO3.H3NO/c2-1(3)4;1-2/h(H,2,3,4);2H,1H2. The molecule has 0 aromatic heterocycles. The van der Waals surface area contributed by atoms with Crippen molar-refractivity contribution in [3.63, 3.8) is 0 Å². The summed E-state index contributed by atoms with van der Waals surface area (Å²) in [4.78, 5) is 8.36. The van der Waals surface area contributed by atoms with Gasteiger partial charge in [-0.05, 0) is 0 Å². The molecule has 0 fully saturated rings. The molecule has 38 valence electrons. The predicted octanol–water partition coefficient (Wildman–Crippen LogP) is -1.01.